The fourth-order valence-corrected chi connectivity index (χ4v) is 1.45. The summed E-state index contributed by atoms with van der Waals surface area (Å²) in [6, 6.07) is -0.256. The van der Waals surface area contributed by atoms with Crippen molar-refractivity contribution in [3.05, 3.63) is 0 Å². The predicted octanol–water partition coefficient (Wildman–Crippen LogP) is -0.610. The maximum Gasteiger partial charge on any atom is 0.414 e. The molecule has 1 aliphatic heterocycles. The minimum atomic E-state index is -1.82. The van der Waals surface area contributed by atoms with E-state index >= 15 is 0 Å². The molecular weight excluding hydrogens is 284 g/mol. The molecule has 0 spiro atoms. The van der Waals surface area contributed by atoms with Gasteiger partial charge >= 0.3 is 18.0 Å². The van der Waals surface area contributed by atoms with Crippen LogP contribution in [0.15, 0.2) is 0 Å². The first-order valence-electron chi connectivity index (χ1n) is 6.37. The summed E-state index contributed by atoms with van der Waals surface area (Å²) in [5.74, 6) is -3.65. The van der Waals surface area contributed by atoms with Gasteiger partial charge in [0.1, 0.15) is 5.60 Å². The van der Waals surface area contributed by atoms with Crippen LogP contribution in [-0.4, -0.2) is 64.2 Å². The lowest BCUT2D eigenvalue weighted by Crippen LogP contribution is -2.54. The molecule has 0 bridgehead atoms. The Morgan fingerprint density at radius 1 is 1.19 bits per heavy atom. The zero-order valence-electron chi connectivity index (χ0n) is 12.3. The Bertz CT molecular complexity index is 366. The van der Waals surface area contributed by atoms with Gasteiger partial charge in [0.15, 0.2) is 0 Å². The molecule has 2 atom stereocenters. The van der Waals surface area contributed by atoms with Crippen molar-refractivity contribution in [2.75, 3.05) is 13.1 Å². The number of hydrogen-bond acceptors (Lipinski definition) is 6. The Morgan fingerprint density at radius 2 is 1.71 bits per heavy atom. The third kappa shape index (κ3) is 9.63. The van der Waals surface area contributed by atoms with Crippen molar-refractivity contribution in [1.29, 1.82) is 0 Å². The van der Waals surface area contributed by atoms with Gasteiger partial charge in [-0.15, -0.1) is 0 Å². The number of carbonyl (C=O) groups excluding carboxylic acids is 1. The number of aliphatic carboxylic acids is 2. The zero-order valence-corrected chi connectivity index (χ0v) is 12.3. The van der Waals surface area contributed by atoms with Crippen LogP contribution in [0.4, 0.5) is 4.79 Å². The molecule has 9 nitrogen and oxygen atoms in total. The Morgan fingerprint density at radius 3 is 2.10 bits per heavy atom. The topological polar surface area (TPSA) is 145 Å². The number of hydrogen-bond donors (Lipinski definition) is 5. The highest BCUT2D eigenvalue weighted by Crippen LogP contribution is 2.08. The molecule has 0 aromatic carbocycles. The monoisotopic (exact) mass is 306 g/mol. The number of carboxylic acids is 2. The van der Waals surface area contributed by atoms with E-state index in [0.29, 0.717) is 13.0 Å². The number of ether oxygens (including phenoxy) is 1. The van der Waals surface area contributed by atoms with Crippen molar-refractivity contribution in [2.24, 2.45) is 0 Å². The van der Waals surface area contributed by atoms with Gasteiger partial charge in [0.25, 0.3) is 0 Å². The van der Waals surface area contributed by atoms with Gasteiger partial charge in [-0.2, -0.15) is 0 Å². The van der Waals surface area contributed by atoms with Crippen LogP contribution in [0.1, 0.15) is 27.2 Å². The molecule has 21 heavy (non-hydrogen) atoms. The average molecular weight is 306 g/mol. The van der Waals surface area contributed by atoms with Gasteiger partial charge < -0.3 is 30.7 Å². The first-order valence-corrected chi connectivity index (χ1v) is 6.37. The molecule has 1 saturated heterocycles. The van der Waals surface area contributed by atoms with Crippen LogP contribution < -0.4 is 10.6 Å². The minimum Gasteiger partial charge on any atom is -0.473 e. The fourth-order valence-electron chi connectivity index (χ4n) is 1.45. The number of aliphatic hydroxyl groups excluding tert-OH is 1. The molecule has 0 aromatic rings. The Hall–Kier alpha value is -1.87. The van der Waals surface area contributed by atoms with Gasteiger partial charge in [-0.1, -0.05) is 0 Å². The summed E-state index contributed by atoms with van der Waals surface area (Å²) < 4.78 is 5.10. The normalized spacial score (nSPS) is 21.5. The number of alkyl carbamates (subject to hydrolysis) is 1. The van der Waals surface area contributed by atoms with E-state index in [1.165, 1.54) is 0 Å². The van der Waals surface area contributed by atoms with Crippen molar-refractivity contribution in [2.45, 2.75) is 44.9 Å². The van der Waals surface area contributed by atoms with Crippen LogP contribution in [0.2, 0.25) is 0 Å². The van der Waals surface area contributed by atoms with Crippen LogP contribution in [0.3, 0.4) is 0 Å². The zero-order chi connectivity index (χ0) is 16.6. The second-order valence-corrected chi connectivity index (χ2v) is 5.42. The quantitative estimate of drug-likeness (QED) is 0.403. The van der Waals surface area contributed by atoms with Crippen molar-refractivity contribution in [3.63, 3.8) is 0 Å². The second kappa shape index (κ2) is 8.42. The van der Waals surface area contributed by atoms with E-state index in [1.54, 1.807) is 0 Å². The summed E-state index contributed by atoms with van der Waals surface area (Å²) in [5, 5.41) is 30.1. The number of piperidine rings is 1. The standard InChI is InChI=1S/C10H20N2O3.C2H2O4/c1-10(2,3)15-9(14)12-7-6-11-5-4-8(7)13;3-1(4)2(5)6/h7-8,11,13H,4-6H2,1-3H3,(H,12,14);(H,3,4)(H,5,6). The molecular formula is C12H22N2O7. The van der Waals surface area contributed by atoms with Crippen LogP contribution in [0.5, 0.6) is 0 Å². The molecule has 0 aromatic heterocycles. The van der Waals surface area contributed by atoms with E-state index in [-0.39, 0.29) is 6.04 Å². The largest absolute Gasteiger partial charge is 0.473 e. The molecule has 1 heterocycles. The summed E-state index contributed by atoms with van der Waals surface area (Å²) in [7, 11) is 0. The molecule has 122 valence electrons. The first-order chi connectivity index (χ1) is 9.53. The predicted molar refractivity (Wildman–Crippen MR) is 71.9 cm³/mol. The Labute approximate surface area is 122 Å². The lowest BCUT2D eigenvalue weighted by atomic mass is 10.0. The summed E-state index contributed by atoms with van der Waals surface area (Å²) in [4.78, 5) is 29.6. The summed E-state index contributed by atoms with van der Waals surface area (Å²) in [6.07, 6.45) is -0.311. The highest BCUT2D eigenvalue weighted by molar-refractivity contribution is 6.27. The molecule has 1 amide bonds. The first kappa shape index (κ1) is 19.1. The van der Waals surface area contributed by atoms with Crippen molar-refractivity contribution >= 4 is 18.0 Å². The number of rotatable bonds is 1. The molecule has 0 aliphatic carbocycles. The average Bonchev–Trinajstić information content (AvgIpc) is 2.30. The SMILES string of the molecule is CC(C)(C)OC(=O)NC1CNCCC1O.O=C(O)C(=O)O. The van der Waals surface area contributed by atoms with Crippen LogP contribution >= 0.6 is 0 Å². The van der Waals surface area contributed by atoms with Crippen molar-refractivity contribution in [1.82, 2.24) is 10.6 Å². The van der Waals surface area contributed by atoms with E-state index in [1.807, 2.05) is 20.8 Å². The number of carbonyl (C=O) groups is 3. The Balaban J connectivity index is 0.000000567. The van der Waals surface area contributed by atoms with E-state index in [4.69, 9.17) is 24.5 Å². The van der Waals surface area contributed by atoms with Crippen LogP contribution in [-0.2, 0) is 14.3 Å². The number of carboxylic acid groups (broad SMARTS) is 2. The highest BCUT2D eigenvalue weighted by Gasteiger charge is 2.26. The maximum absolute atomic E-state index is 11.4. The number of nitrogens with one attached hydrogen (secondary N) is 2. The van der Waals surface area contributed by atoms with Crippen molar-refractivity contribution < 1.29 is 34.4 Å². The van der Waals surface area contributed by atoms with Crippen LogP contribution in [0, 0.1) is 0 Å². The van der Waals surface area contributed by atoms with Crippen LogP contribution in [0.25, 0.3) is 0 Å². The summed E-state index contributed by atoms with van der Waals surface area (Å²) >= 11 is 0. The van der Waals surface area contributed by atoms with Gasteiger partial charge in [-0.05, 0) is 33.7 Å². The lowest BCUT2D eigenvalue weighted by Gasteiger charge is -2.30. The third-order valence-electron chi connectivity index (χ3n) is 2.33. The third-order valence-corrected chi connectivity index (χ3v) is 2.33. The van der Waals surface area contributed by atoms with Crippen molar-refractivity contribution in [3.8, 4) is 0 Å². The lowest BCUT2D eigenvalue weighted by molar-refractivity contribution is -0.159. The fraction of sp³-hybridized carbons (Fsp3) is 0.750. The minimum absolute atomic E-state index is 0.256. The van der Waals surface area contributed by atoms with E-state index in [9.17, 15) is 9.90 Å². The van der Waals surface area contributed by atoms with Gasteiger partial charge in [0.2, 0.25) is 0 Å². The Kier molecular flexibility index (Phi) is 7.67. The molecule has 5 N–H and O–H groups in total. The van der Waals surface area contributed by atoms with E-state index in [2.05, 4.69) is 10.6 Å². The number of amides is 1. The summed E-state index contributed by atoms with van der Waals surface area (Å²) in [5.41, 5.74) is -0.503. The second-order valence-electron chi connectivity index (χ2n) is 5.42. The van der Waals surface area contributed by atoms with Gasteiger partial charge in [0, 0.05) is 6.54 Å². The molecule has 9 heteroatoms. The van der Waals surface area contributed by atoms with Gasteiger partial charge in [-0.3, -0.25) is 0 Å². The molecule has 1 fully saturated rings. The molecule has 2 unspecified atom stereocenters. The summed E-state index contributed by atoms with van der Waals surface area (Å²) in [6.45, 7) is 6.79. The molecule has 0 saturated carbocycles. The van der Waals surface area contributed by atoms with E-state index < -0.39 is 29.7 Å². The maximum atomic E-state index is 11.4. The number of aliphatic hydroxyl groups is 1. The smallest absolute Gasteiger partial charge is 0.414 e. The van der Waals surface area contributed by atoms with Gasteiger partial charge in [0.05, 0.1) is 12.1 Å². The van der Waals surface area contributed by atoms with E-state index in [0.717, 1.165) is 6.54 Å². The molecule has 1 rings (SSSR count). The molecule has 1 aliphatic rings. The van der Waals surface area contributed by atoms with Gasteiger partial charge in [-0.25, -0.2) is 14.4 Å². The highest BCUT2D eigenvalue weighted by atomic mass is 16.6. The molecule has 0 radical (unpaired) electrons.